The van der Waals surface area contributed by atoms with Crippen LogP contribution in [0.4, 0.5) is 0 Å². The van der Waals surface area contributed by atoms with Crippen LogP contribution in [-0.4, -0.2) is 95.5 Å². The van der Waals surface area contributed by atoms with E-state index in [2.05, 4.69) is 10.2 Å². The monoisotopic (exact) mass is 478 g/mol. The Kier molecular flexibility index (Phi) is 10.6. The lowest BCUT2D eigenvalue weighted by molar-refractivity contribution is -0.139. The number of amides is 3. The molecule has 0 saturated carbocycles. The summed E-state index contributed by atoms with van der Waals surface area (Å²) < 4.78 is 0. The Balaban J connectivity index is 2.17. The number of nitrogens with one attached hydrogen (secondary N) is 1. The summed E-state index contributed by atoms with van der Waals surface area (Å²) >= 11 is 0. The van der Waals surface area contributed by atoms with Gasteiger partial charge in [0.05, 0.1) is 24.7 Å². The normalized spacial score (nSPS) is 23.8. The van der Waals surface area contributed by atoms with Crippen LogP contribution in [0.15, 0.2) is 11.6 Å². The molecule has 2 rings (SSSR count). The van der Waals surface area contributed by atoms with Crippen molar-refractivity contribution in [3.8, 4) is 0 Å². The van der Waals surface area contributed by atoms with Crippen molar-refractivity contribution in [1.29, 1.82) is 0 Å². The third-order valence-corrected chi connectivity index (χ3v) is 7.39. The van der Waals surface area contributed by atoms with Gasteiger partial charge < -0.3 is 20.2 Å². The van der Waals surface area contributed by atoms with Gasteiger partial charge in [-0.2, -0.15) is 0 Å². The zero-order chi connectivity index (χ0) is 25.6. The number of hydrogen-bond acceptors (Lipinski definition) is 5. The van der Waals surface area contributed by atoms with E-state index in [0.29, 0.717) is 12.1 Å². The third-order valence-electron chi connectivity index (χ3n) is 7.39. The predicted octanol–water partition coefficient (Wildman–Crippen LogP) is 2.02. The maximum atomic E-state index is 13.6. The molecule has 0 aromatic carbocycles. The summed E-state index contributed by atoms with van der Waals surface area (Å²) in [7, 11) is 3.71. The SMILES string of the molecule is CC(=C[C@H](C(C)C)N(C)C(=O)[C@@H](NC(=O)[C@H]1CCCCN1C)C(C)C)C(=O)N1CCC[C@H]1CO. The van der Waals surface area contributed by atoms with Gasteiger partial charge in [0.2, 0.25) is 17.7 Å². The van der Waals surface area contributed by atoms with Crippen LogP contribution in [-0.2, 0) is 14.4 Å². The molecule has 3 amide bonds. The summed E-state index contributed by atoms with van der Waals surface area (Å²) in [6, 6.07) is -1.25. The average Bonchev–Trinajstić information content (AvgIpc) is 3.28. The summed E-state index contributed by atoms with van der Waals surface area (Å²) in [6.45, 7) is 11.2. The molecule has 2 N–H and O–H groups in total. The third kappa shape index (κ3) is 6.81. The first-order valence-corrected chi connectivity index (χ1v) is 12.9. The van der Waals surface area contributed by atoms with E-state index in [1.54, 1.807) is 23.8 Å². The van der Waals surface area contributed by atoms with Crippen molar-refractivity contribution in [3.63, 3.8) is 0 Å². The number of rotatable bonds is 9. The van der Waals surface area contributed by atoms with Crippen LogP contribution in [0.3, 0.4) is 0 Å². The first kappa shape index (κ1) is 28.3. The molecule has 2 saturated heterocycles. The second-order valence-corrected chi connectivity index (χ2v) is 10.7. The van der Waals surface area contributed by atoms with E-state index < -0.39 is 6.04 Å². The molecular weight excluding hydrogens is 432 g/mol. The standard InChI is InChI=1S/C26H46N4O4/c1-17(2)22(15-19(5)25(33)30-14-10-11-20(30)16-31)29(7)26(34)23(18(3)4)27-24(32)21-12-8-9-13-28(21)6/h15,17-18,20-23,31H,8-14,16H2,1-7H3,(H,27,32)/t20-,21+,22+,23-/m0/s1. The smallest absolute Gasteiger partial charge is 0.249 e. The number of piperidine rings is 1. The van der Waals surface area contributed by atoms with Crippen LogP contribution in [0.1, 0.15) is 66.7 Å². The molecule has 34 heavy (non-hydrogen) atoms. The average molecular weight is 479 g/mol. The topological polar surface area (TPSA) is 93.2 Å². The lowest BCUT2D eigenvalue weighted by atomic mass is 9.96. The van der Waals surface area contributed by atoms with Crippen molar-refractivity contribution in [2.24, 2.45) is 11.8 Å². The number of carbonyl (C=O) groups is 3. The van der Waals surface area contributed by atoms with E-state index in [0.717, 1.165) is 38.6 Å². The zero-order valence-corrected chi connectivity index (χ0v) is 22.2. The highest BCUT2D eigenvalue weighted by Gasteiger charge is 2.35. The fourth-order valence-electron chi connectivity index (χ4n) is 5.13. The molecule has 0 bridgehead atoms. The Morgan fingerprint density at radius 3 is 2.29 bits per heavy atom. The fraction of sp³-hybridized carbons (Fsp3) is 0.808. The molecule has 2 aliphatic rings. The van der Waals surface area contributed by atoms with Crippen molar-refractivity contribution < 1.29 is 19.5 Å². The van der Waals surface area contributed by atoms with Gasteiger partial charge in [-0.15, -0.1) is 0 Å². The second-order valence-electron chi connectivity index (χ2n) is 10.7. The highest BCUT2D eigenvalue weighted by Crippen LogP contribution is 2.22. The van der Waals surface area contributed by atoms with Crippen LogP contribution in [0.25, 0.3) is 0 Å². The predicted molar refractivity (Wildman–Crippen MR) is 134 cm³/mol. The lowest BCUT2D eigenvalue weighted by Crippen LogP contribution is -2.57. The summed E-state index contributed by atoms with van der Waals surface area (Å²) in [5.74, 6) is -0.308. The van der Waals surface area contributed by atoms with E-state index in [1.807, 2.05) is 40.8 Å². The molecule has 2 fully saturated rings. The number of likely N-dealkylation sites (N-methyl/N-ethyl adjacent to an activating group) is 2. The number of carbonyl (C=O) groups excluding carboxylic acids is 3. The number of aliphatic hydroxyl groups excluding tert-OH is 1. The molecule has 8 heteroatoms. The van der Waals surface area contributed by atoms with Gasteiger partial charge in [0.1, 0.15) is 6.04 Å². The van der Waals surface area contributed by atoms with Crippen molar-refractivity contribution in [1.82, 2.24) is 20.0 Å². The molecule has 0 radical (unpaired) electrons. The lowest BCUT2D eigenvalue weighted by Gasteiger charge is -2.36. The fourth-order valence-corrected chi connectivity index (χ4v) is 5.13. The van der Waals surface area contributed by atoms with Crippen molar-refractivity contribution >= 4 is 17.7 Å². The number of likely N-dealkylation sites (tertiary alicyclic amines) is 2. The molecule has 0 spiro atoms. The van der Waals surface area contributed by atoms with E-state index in [9.17, 15) is 19.5 Å². The minimum Gasteiger partial charge on any atom is -0.394 e. The molecule has 2 heterocycles. The highest BCUT2D eigenvalue weighted by atomic mass is 16.3. The molecule has 194 valence electrons. The largest absolute Gasteiger partial charge is 0.394 e. The molecule has 0 aliphatic carbocycles. The van der Waals surface area contributed by atoms with E-state index in [4.69, 9.17) is 0 Å². The Hall–Kier alpha value is -1.93. The molecule has 4 atom stereocenters. The van der Waals surface area contributed by atoms with Gasteiger partial charge >= 0.3 is 0 Å². The summed E-state index contributed by atoms with van der Waals surface area (Å²) in [6.07, 6.45) is 6.49. The maximum absolute atomic E-state index is 13.6. The Morgan fingerprint density at radius 1 is 1.06 bits per heavy atom. The summed E-state index contributed by atoms with van der Waals surface area (Å²) in [4.78, 5) is 45.1. The number of nitrogens with zero attached hydrogens (tertiary/aromatic N) is 3. The van der Waals surface area contributed by atoms with Crippen molar-refractivity contribution in [2.75, 3.05) is 33.8 Å². The van der Waals surface area contributed by atoms with Crippen LogP contribution in [0.2, 0.25) is 0 Å². The van der Waals surface area contributed by atoms with Crippen LogP contribution < -0.4 is 5.32 Å². The molecular formula is C26H46N4O4. The van der Waals surface area contributed by atoms with Crippen molar-refractivity contribution in [3.05, 3.63) is 11.6 Å². The van der Waals surface area contributed by atoms with Gasteiger partial charge in [0.25, 0.3) is 0 Å². The molecule has 0 aromatic heterocycles. The van der Waals surface area contributed by atoms with E-state index in [1.165, 1.54) is 0 Å². The molecule has 2 aliphatic heterocycles. The first-order valence-electron chi connectivity index (χ1n) is 12.9. The minimum atomic E-state index is -0.629. The number of hydrogen-bond donors (Lipinski definition) is 2. The second kappa shape index (κ2) is 12.7. The molecule has 0 aromatic rings. The van der Waals surface area contributed by atoms with Gasteiger partial charge in [-0.1, -0.05) is 40.2 Å². The van der Waals surface area contributed by atoms with E-state index >= 15 is 0 Å². The quantitative estimate of drug-likeness (QED) is 0.495. The van der Waals surface area contributed by atoms with Gasteiger partial charge in [-0.05, 0) is 58.0 Å². The van der Waals surface area contributed by atoms with Crippen LogP contribution in [0.5, 0.6) is 0 Å². The summed E-state index contributed by atoms with van der Waals surface area (Å²) in [5, 5.41) is 12.6. The van der Waals surface area contributed by atoms with Crippen molar-refractivity contribution in [2.45, 2.75) is 90.9 Å². The first-order chi connectivity index (χ1) is 16.0. The van der Waals surface area contributed by atoms with E-state index in [-0.39, 0.29) is 54.3 Å². The van der Waals surface area contributed by atoms with Gasteiger partial charge in [0, 0.05) is 19.2 Å². The zero-order valence-electron chi connectivity index (χ0n) is 22.2. The number of aliphatic hydroxyl groups is 1. The summed E-state index contributed by atoms with van der Waals surface area (Å²) in [5.41, 5.74) is 0.577. The van der Waals surface area contributed by atoms with Gasteiger partial charge in [-0.25, -0.2) is 0 Å². The Morgan fingerprint density at radius 2 is 1.74 bits per heavy atom. The minimum absolute atomic E-state index is 0.0308. The highest BCUT2D eigenvalue weighted by molar-refractivity contribution is 5.94. The van der Waals surface area contributed by atoms with Crippen LogP contribution >= 0.6 is 0 Å². The Bertz CT molecular complexity index is 751. The van der Waals surface area contributed by atoms with Crippen LogP contribution in [0, 0.1) is 11.8 Å². The van der Waals surface area contributed by atoms with Gasteiger partial charge in [0.15, 0.2) is 0 Å². The van der Waals surface area contributed by atoms with Gasteiger partial charge in [-0.3, -0.25) is 19.3 Å². The Labute approximate surface area is 205 Å². The maximum Gasteiger partial charge on any atom is 0.249 e. The molecule has 8 nitrogen and oxygen atoms in total. The molecule has 0 unspecified atom stereocenters.